The summed E-state index contributed by atoms with van der Waals surface area (Å²) < 4.78 is 0. The first-order valence-electron chi connectivity index (χ1n) is 8.36. The fraction of sp³-hybridized carbons (Fsp3) is 0.556. The van der Waals surface area contributed by atoms with Crippen LogP contribution in [0.3, 0.4) is 0 Å². The molecule has 1 aliphatic rings. The minimum absolute atomic E-state index is 0.459. The summed E-state index contributed by atoms with van der Waals surface area (Å²) in [6.07, 6.45) is 2.13. The number of carbonyl (C=O) groups is 2. The van der Waals surface area contributed by atoms with E-state index in [-0.39, 0.29) is 0 Å². The van der Waals surface area contributed by atoms with Crippen LogP contribution in [0.1, 0.15) is 32.3 Å². The summed E-state index contributed by atoms with van der Waals surface area (Å²) in [6.45, 7) is 9.01. The van der Waals surface area contributed by atoms with Gasteiger partial charge < -0.3 is 15.5 Å². The number of aryl methyl sites for hydroxylation is 1. The SMILES string of the molecule is Cc1ccccc1NC(=O)C(=O)NCC1CCN(C(C)C)CC1. The van der Waals surface area contributed by atoms with Crippen molar-refractivity contribution >= 4 is 17.5 Å². The van der Waals surface area contributed by atoms with E-state index in [9.17, 15) is 9.59 Å². The third-order valence-corrected chi connectivity index (χ3v) is 4.53. The maximum atomic E-state index is 11.9. The van der Waals surface area contributed by atoms with Crippen molar-refractivity contribution in [1.82, 2.24) is 10.2 Å². The van der Waals surface area contributed by atoms with Gasteiger partial charge in [-0.2, -0.15) is 0 Å². The summed E-state index contributed by atoms with van der Waals surface area (Å²) in [7, 11) is 0. The van der Waals surface area contributed by atoms with Gasteiger partial charge in [-0.1, -0.05) is 18.2 Å². The molecule has 0 bridgehead atoms. The van der Waals surface area contributed by atoms with Gasteiger partial charge in [0, 0.05) is 18.3 Å². The highest BCUT2D eigenvalue weighted by molar-refractivity contribution is 6.39. The van der Waals surface area contributed by atoms with E-state index in [1.165, 1.54) is 0 Å². The molecule has 0 aliphatic carbocycles. The molecule has 5 nitrogen and oxygen atoms in total. The number of carbonyl (C=O) groups excluding carboxylic acids is 2. The van der Waals surface area contributed by atoms with E-state index in [2.05, 4.69) is 29.4 Å². The van der Waals surface area contributed by atoms with Crippen LogP contribution < -0.4 is 10.6 Å². The van der Waals surface area contributed by atoms with Gasteiger partial charge in [0.2, 0.25) is 0 Å². The molecule has 0 unspecified atom stereocenters. The average Bonchev–Trinajstić information content (AvgIpc) is 2.55. The molecule has 1 aliphatic heterocycles. The zero-order valence-corrected chi connectivity index (χ0v) is 14.3. The molecule has 2 rings (SSSR count). The molecule has 1 heterocycles. The first kappa shape index (κ1) is 17.5. The zero-order chi connectivity index (χ0) is 16.8. The highest BCUT2D eigenvalue weighted by Crippen LogP contribution is 2.18. The van der Waals surface area contributed by atoms with Crippen molar-refractivity contribution in [2.75, 3.05) is 25.0 Å². The fourth-order valence-electron chi connectivity index (χ4n) is 2.88. The van der Waals surface area contributed by atoms with E-state index in [0.29, 0.717) is 24.2 Å². The van der Waals surface area contributed by atoms with Crippen LogP contribution in [-0.4, -0.2) is 42.4 Å². The Balaban J connectivity index is 1.75. The van der Waals surface area contributed by atoms with Crippen LogP contribution in [0.15, 0.2) is 24.3 Å². The summed E-state index contributed by atoms with van der Waals surface area (Å²) in [4.78, 5) is 26.3. The molecule has 0 saturated carbocycles. The minimum Gasteiger partial charge on any atom is -0.348 e. The summed E-state index contributed by atoms with van der Waals surface area (Å²) in [6, 6.07) is 8.00. The maximum absolute atomic E-state index is 11.9. The second-order valence-electron chi connectivity index (χ2n) is 6.55. The molecular formula is C18H27N3O2. The standard InChI is InChI=1S/C18H27N3O2/c1-13(2)21-10-8-15(9-11-21)12-19-17(22)18(23)20-16-7-5-4-6-14(16)3/h4-7,13,15H,8-12H2,1-3H3,(H,19,22)(H,20,23). The van der Waals surface area contributed by atoms with Gasteiger partial charge in [-0.3, -0.25) is 9.59 Å². The number of hydrogen-bond acceptors (Lipinski definition) is 3. The summed E-state index contributed by atoms with van der Waals surface area (Å²) in [5, 5.41) is 5.43. The van der Waals surface area contributed by atoms with Crippen LogP contribution in [-0.2, 0) is 9.59 Å². The predicted octanol–water partition coefficient (Wildman–Crippen LogP) is 2.17. The van der Waals surface area contributed by atoms with Gasteiger partial charge in [-0.25, -0.2) is 0 Å². The topological polar surface area (TPSA) is 61.4 Å². The largest absolute Gasteiger partial charge is 0.348 e. The van der Waals surface area contributed by atoms with E-state index in [1.807, 2.05) is 25.1 Å². The Bertz CT molecular complexity index is 549. The summed E-state index contributed by atoms with van der Waals surface area (Å²) in [5.74, 6) is -0.696. The molecule has 2 N–H and O–H groups in total. The highest BCUT2D eigenvalue weighted by atomic mass is 16.2. The van der Waals surface area contributed by atoms with E-state index in [1.54, 1.807) is 6.07 Å². The predicted molar refractivity (Wildman–Crippen MR) is 92.3 cm³/mol. The number of anilines is 1. The third kappa shape index (κ3) is 5.06. The van der Waals surface area contributed by atoms with Crippen molar-refractivity contribution in [3.63, 3.8) is 0 Å². The molecule has 1 saturated heterocycles. The first-order chi connectivity index (χ1) is 11.0. The number of likely N-dealkylation sites (tertiary alicyclic amines) is 1. The smallest absolute Gasteiger partial charge is 0.313 e. The molecule has 0 aromatic heterocycles. The molecule has 1 aromatic rings. The Labute approximate surface area is 138 Å². The minimum atomic E-state index is -0.598. The molecule has 1 aromatic carbocycles. The van der Waals surface area contributed by atoms with Gasteiger partial charge in [0.25, 0.3) is 0 Å². The Morgan fingerprint density at radius 3 is 2.43 bits per heavy atom. The van der Waals surface area contributed by atoms with Crippen molar-refractivity contribution in [3.8, 4) is 0 Å². The van der Waals surface area contributed by atoms with Crippen LogP contribution >= 0.6 is 0 Å². The van der Waals surface area contributed by atoms with Crippen molar-refractivity contribution < 1.29 is 9.59 Å². The van der Waals surface area contributed by atoms with Crippen LogP contribution in [0.2, 0.25) is 0 Å². The second-order valence-corrected chi connectivity index (χ2v) is 6.55. The lowest BCUT2D eigenvalue weighted by Gasteiger charge is -2.34. The van der Waals surface area contributed by atoms with Gasteiger partial charge in [0.05, 0.1) is 0 Å². The third-order valence-electron chi connectivity index (χ3n) is 4.53. The zero-order valence-electron chi connectivity index (χ0n) is 14.3. The number of benzene rings is 1. The number of amides is 2. The molecule has 2 amide bonds. The lowest BCUT2D eigenvalue weighted by atomic mass is 9.96. The molecule has 5 heteroatoms. The molecule has 0 atom stereocenters. The molecule has 0 spiro atoms. The number of para-hydroxylation sites is 1. The monoisotopic (exact) mass is 317 g/mol. The Hall–Kier alpha value is -1.88. The van der Waals surface area contributed by atoms with Crippen LogP contribution in [0.5, 0.6) is 0 Å². The number of piperidine rings is 1. The summed E-state index contributed by atoms with van der Waals surface area (Å²) in [5.41, 5.74) is 1.62. The van der Waals surface area contributed by atoms with Crippen molar-refractivity contribution in [2.24, 2.45) is 5.92 Å². The number of rotatable bonds is 4. The summed E-state index contributed by atoms with van der Waals surface area (Å²) >= 11 is 0. The lowest BCUT2D eigenvalue weighted by molar-refractivity contribution is -0.136. The number of hydrogen-bond donors (Lipinski definition) is 2. The fourth-order valence-corrected chi connectivity index (χ4v) is 2.88. The molecule has 23 heavy (non-hydrogen) atoms. The van der Waals surface area contributed by atoms with Gasteiger partial charge in [-0.15, -0.1) is 0 Å². The van der Waals surface area contributed by atoms with E-state index < -0.39 is 11.8 Å². The van der Waals surface area contributed by atoms with Crippen LogP contribution in [0.4, 0.5) is 5.69 Å². The Morgan fingerprint density at radius 2 is 1.83 bits per heavy atom. The molecule has 1 fully saturated rings. The van der Waals surface area contributed by atoms with Crippen LogP contribution in [0.25, 0.3) is 0 Å². The van der Waals surface area contributed by atoms with Gasteiger partial charge in [0.15, 0.2) is 0 Å². The van der Waals surface area contributed by atoms with Gasteiger partial charge in [-0.05, 0) is 64.3 Å². The van der Waals surface area contributed by atoms with Crippen molar-refractivity contribution in [3.05, 3.63) is 29.8 Å². The average molecular weight is 317 g/mol. The second kappa shape index (κ2) is 8.11. The molecular weight excluding hydrogens is 290 g/mol. The van der Waals surface area contributed by atoms with E-state index in [4.69, 9.17) is 0 Å². The van der Waals surface area contributed by atoms with E-state index in [0.717, 1.165) is 31.5 Å². The van der Waals surface area contributed by atoms with Gasteiger partial charge in [0.1, 0.15) is 0 Å². The molecule has 0 radical (unpaired) electrons. The van der Waals surface area contributed by atoms with Crippen molar-refractivity contribution in [1.29, 1.82) is 0 Å². The quantitative estimate of drug-likeness (QED) is 0.837. The Kier molecular flexibility index (Phi) is 6.16. The maximum Gasteiger partial charge on any atom is 0.313 e. The van der Waals surface area contributed by atoms with Crippen LogP contribution in [0, 0.1) is 12.8 Å². The first-order valence-corrected chi connectivity index (χ1v) is 8.36. The van der Waals surface area contributed by atoms with Gasteiger partial charge >= 0.3 is 11.8 Å². The Morgan fingerprint density at radius 1 is 1.17 bits per heavy atom. The number of nitrogens with one attached hydrogen (secondary N) is 2. The number of nitrogens with zero attached hydrogens (tertiary/aromatic N) is 1. The van der Waals surface area contributed by atoms with Crippen molar-refractivity contribution in [2.45, 2.75) is 39.7 Å². The van der Waals surface area contributed by atoms with E-state index >= 15 is 0 Å². The highest BCUT2D eigenvalue weighted by Gasteiger charge is 2.22. The lowest BCUT2D eigenvalue weighted by Crippen LogP contribution is -2.43. The normalized spacial score (nSPS) is 16.3. The molecule has 126 valence electrons.